The van der Waals surface area contributed by atoms with Crippen LogP contribution < -0.4 is 10.1 Å². The Morgan fingerprint density at radius 1 is 0.900 bits per heavy atom. The van der Waals surface area contributed by atoms with E-state index in [0.717, 1.165) is 25.1 Å². The summed E-state index contributed by atoms with van der Waals surface area (Å²) in [5, 5.41) is 15.4. The summed E-state index contributed by atoms with van der Waals surface area (Å²) in [6.45, 7) is 3.01. The van der Waals surface area contributed by atoms with Gasteiger partial charge in [0.05, 0.1) is 5.69 Å². The van der Waals surface area contributed by atoms with Crippen LogP contribution >= 0.6 is 0 Å². The van der Waals surface area contributed by atoms with Gasteiger partial charge in [0, 0.05) is 12.6 Å². The average Bonchev–Trinajstić information content (AvgIpc) is 3.27. The van der Waals surface area contributed by atoms with Crippen LogP contribution in [-0.2, 0) is 6.54 Å². The minimum Gasteiger partial charge on any atom is -0.423 e. The summed E-state index contributed by atoms with van der Waals surface area (Å²) < 4.78 is 7.47. The Hall–Kier alpha value is -3.51. The van der Waals surface area contributed by atoms with Gasteiger partial charge in [-0.05, 0) is 52.2 Å². The van der Waals surface area contributed by atoms with Gasteiger partial charge in [0.2, 0.25) is 0 Å². The number of rotatable bonds is 9. The van der Waals surface area contributed by atoms with E-state index in [0.29, 0.717) is 17.8 Å². The van der Waals surface area contributed by atoms with Crippen molar-refractivity contribution in [2.24, 2.45) is 0 Å². The van der Waals surface area contributed by atoms with Crippen molar-refractivity contribution >= 4 is 0 Å². The first-order chi connectivity index (χ1) is 14.8. The van der Waals surface area contributed by atoms with Crippen molar-refractivity contribution in [1.82, 2.24) is 25.5 Å². The molecular weight excluding hydrogens is 374 g/mol. The monoisotopic (exact) mass is 399 g/mol. The molecule has 0 amide bonds. The highest BCUT2D eigenvalue weighted by atomic mass is 16.5. The Labute approximate surface area is 176 Å². The predicted octanol–water partition coefficient (Wildman–Crippen LogP) is 5.09. The lowest BCUT2D eigenvalue weighted by Gasteiger charge is -2.19. The van der Waals surface area contributed by atoms with E-state index in [9.17, 15) is 0 Å². The molecule has 0 aliphatic heterocycles. The average molecular weight is 399 g/mol. The fourth-order valence-corrected chi connectivity index (χ4v) is 3.36. The fourth-order valence-electron chi connectivity index (χ4n) is 3.36. The van der Waals surface area contributed by atoms with E-state index in [4.69, 9.17) is 4.74 Å². The zero-order chi connectivity index (χ0) is 20.6. The molecule has 3 aromatic carbocycles. The van der Waals surface area contributed by atoms with Crippen LogP contribution in [0.1, 0.15) is 36.9 Å². The molecular formula is C24H25N5O. The summed E-state index contributed by atoms with van der Waals surface area (Å²) >= 11 is 0. The van der Waals surface area contributed by atoms with Gasteiger partial charge in [-0.25, -0.2) is 0 Å². The highest BCUT2D eigenvalue weighted by Gasteiger charge is 2.12. The van der Waals surface area contributed by atoms with Gasteiger partial charge in [-0.3, -0.25) is 0 Å². The van der Waals surface area contributed by atoms with Crippen LogP contribution in [0.15, 0.2) is 84.9 Å². The van der Waals surface area contributed by atoms with Crippen molar-refractivity contribution in [3.63, 3.8) is 0 Å². The minimum atomic E-state index is 0.333. The summed E-state index contributed by atoms with van der Waals surface area (Å²) in [5.74, 6) is 0.693. The number of ether oxygens (including phenoxy) is 1. The molecule has 6 heteroatoms. The summed E-state index contributed by atoms with van der Waals surface area (Å²) in [5.41, 5.74) is 3.37. The molecule has 4 rings (SSSR count). The van der Waals surface area contributed by atoms with Crippen LogP contribution in [0.5, 0.6) is 11.8 Å². The quantitative estimate of drug-likeness (QED) is 0.425. The molecule has 0 saturated heterocycles. The van der Waals surface area contributed by atoms with Gasteiger partial charge in [0.25, 0.3) is 0 Å². The molecule has 1 aromatic heterocycles. The van der Waals surface area contributed by atoms with E-state index in [1.54, 1.807) is 4.68 Å². The number of hydrogen-bond donors (Lipinski definition) is 1. The molecule has 6 nitrogen and oxygen atoms in total. The predicted molar refractivity (Wildman–Crippen MR) is 117 cm³/mol. The van der Waals surface area contributed by atoms with Crippen molar-refractivity contribution < 1.29 is 4.74 Å². The number of para-hydroxylation sites is 1. The number of benzene rings is 3. The molecule has 1 N–H and O–H groups in total. The molecule has 0 aliphatic carbocycles. The van der Waals surface area contributed by atoms with Crippen LogP contribution in [0, 0.1) is 0 Å². The second-order valence-corrected chi connectivity index (χ2v) is 7.09. The van der Waals surface area contributed by atoms with Crippen LogP contribution in [-0.4, -0.2) is 20.2 Å². The zero-order valence-electron chi connectivity index (χ0n) is 17.0. The van der Waals surface area contributed by atoms with Crippen molar-refractivity contribution in [3.05, 3.63) is 96.1 Å². The SMILES string of the molecule is CCCC(NCc1ccc(Oc2nnnn2-c2ccccc2)cc1)c1ccccc1. The van der Waals surface area contributed by atoms with E-state index in [-0.39, 0.29) is 0 Å². The van der Waals surface area contributed by atoms with Crippen LogP contribution in [0.3, 0.4) is 0 Å². The maximum Gasteiger partial charge on any atom is 0.345 e. The maximum absolute atomic E-state index is 5.90. The largest absolute Gasteiger partial charge is 0.423 e. The normalized spacial score (nSPS) is 11.9. The smallest absolute Gasteiger partial charge is 0.345 e. The molecule has 30 heavy (non-hydrogen) atoms. The molecule has 0 aliphatic rings. The second kappa shape index (κ2) is 9.80. The molecule has 1 atom stereocenters. The van der Waals surface area contributed by atoms with E-state index in [2.05, 4.69) is 70.2 Å². The first kappa shape index (κ1) is 19.8. The Morgan fingerprint density at radius 2 is 1.60 bits per heavy atom. The molecule has 4 aromatic rings. The van der Waals surface area contributed by atoms with Crippen molar-refractivity contribution in [2.75, 3.05) is 0 Å². The number of nitrogens with one attached hydrogen (secondary N) is 1. The van der Waals surface area contributed by atoms with Crippen LogP contribution in [0.25, 0.3) is 5.69 Å². The maximum atomic E-state index is 5.90. The van der Waals surface area contributed by atoms with E-state index in [1.807, 2.05) is 42.5 Å². The molecule has 1 heterocycles. The standard InChI is InChI=1S/C24H25N5O/c1-2-9-23(20-10-5-3-6-11-20)25-18-19-14-16-22(17-15-19)30-24-26-27-28-29(24)21-12-7-4-8-13-21/h3-8,10-17,23,25H,2,9,18H2,1H3. The zero-order valence-corrected chi connectivity index (χ0v) is 17.0. The number of tetrazole rings is 1. The van der Waals surface area contributed by atoms with Crippen LogP contribution in [0.4, 0.5) is 0 Å². The molecule has 152 valence electrons. The lowest BCUT2D eigenvalue weighted by molar-refractivity contribution is 0.427. The van der Waals surface area contributed by atoms with Gasteiger partial charge in [0.15, 0.2) is 0 Å². The first-order valence-electron chi connectivity index (χ1n) is 10.2. The topological polar surface area (TPSA) is 64.9 Å². The summed E-state index contributed by atoms with van der Waals surface area (Å²) in [6.07, 6.45) is 2.24. The third-order valence-corrected chi connectivity index (χ3v) is 4.91. The van der Waals surface area contributed by atoms with Gasteiger partial charge < -0.3 is 10.1 Å². The highest BCUT2D eigenvalue weighted by molar-refractivity contribution is 5.34. The van der Waals surface area contributed by atoms with Crippen molar-refractivity contribution in [2.45, 2.75) is 32.4 Å². The number of nitrogens with zero attached hydrogens (tertiary/aromatic N) is 4. The lowest BCUT2D eigenvalue weighted by atomic mass is 10.0. The van der Waals surface area contributed by atoms with E-state index in [1.165, 1.54) is 11.1 Å². The van der Waals surface area contributed by atoms with E-state index < -0.39 is 0 Å². The lowest BCUT2D eigenvalue weighted by Crippen LogP contribution is -2.20. The molecule has 0 spiro atoms. The number of aromatic nitrogens is 4. The molecule has 0 fully saturated rings. The van der Waals surface area contributed by atoms with Gasteiger partial charge in [-0.1, -0.05) is 79.1 Å². The third-order valence-electron chi connectivity index (χ3n) is 4.91. The number of hydrogen-bond acceptors (Lipinski definition) is 5. The van der Waals surface area contributed by atoms with Gasteiger partial charge in [0.1, 0.15) is 5.75 Å². The Morgan fingerprint density at radius 3 is 2.30 bits per heavy atom. The molecule has 1 unspecified atom stereocenters. The Balaban J connectivity index is 1.40. The van der Waals surface area contributed by atoms with Crippen molar-refractivity contribution in [3.8, 4) is 17.4 Å². The van der Waals surface area contributed by atoms with Crippen LogP contribution in [0.2, 0.25) is 0 Å². The molecule has 0 radical (unpaired) electrons. The van der Waals surface area contributed by atoms with Gasteiger partial charge in [-0.2, -0.15) is 4.68 Å². The first-order valence-corrected chi connectivity index (χ1v) is 10.2. The molecule has 0 bridgehead atoms. The minimum absolute atomic E-state index is 0.333. The Bertz CT molecular complexity index is 1030. The summed E-state index contributed by atoms with van der Waals surface area (Å²) in [7, 11) is 0. The molecule has 0 saturated carbocycles. The summed E-state index contributed by atoms with van der Waals surface area (Å²) in [4.78, 5) is 0. The highest BCUT2D eigenvalue weighted by Crippen LogP contribution is 2.22. The fraction of sp³-hybridized carbons (Fsp3) is 0.208. The second-order valence-electron chi connectivity index (χ2n) is 7.09. The van der Waals surface area contributed by atoms with Gasteiger partial charge in [-0.15, -0.1) is 0 Å². The summed E-state index contributed by atoms with van der Waals surface area (Å²) in [6, 6.07) is 29.0. The van der Waals surface area contributed by atoms with Gasteiger partial charge >= 0.3 is 6.01 Å². The van der Waals surface area contributed by atoms with E-state index >= 15 is 0 Å². The third kappa shape index (κ3) is 4.90. The Kier molecular flexibility index (Phi) is 6.47. The van der Waals surface area contributed by atoms with Crippen molar-refractivity contribution in [1.29, 1.82) is 0 Å².